The van der Waals surface area contributed by atoms with Gasteiger partial charge in [-0.05, 0) is 38.3 Å². The van der Waals surface area contributed by atoms with Gasteiger partial charge in [-0.2, -0.15) is 10.2 Å². The van der Waals surface area contributed by atoms with Crippen LogP contribution in [0.1, 0.15) is 36.9 Å². The third-order valence-electron chi connectivity index (χ3n) is 4.68. The summed E-state index contributed by atoms with van der Waals surface area (Å²) >= 11 is 0. The van der Waals surface area contributed by atoms with Crippen molar-refractivity contribution in [3.63, 3.8) is 0 Å². The lowest BCUT2D eigenvalue weighted by molar-refractivity contribution is -0.0367. The minimum atomic E-state index is -0.0649. The van der Waals surface area contributed by atoms with Crippen LogP contribution in [0.25, 0.3) is 28.4 Å². The fourth-order valence-electron chi connectivity index (χ4n) is 3.41. The van der Waals surface area contributed by atoms with Crippen molar-refractivity contribution >= 4 is 17.0 Å². The zero-order chi connectivity index (χ0) is 17.6. The van der Waals surface area contributed by atoms with E-state index in [1.165, 1.54) is 0 Å². The molecule has 7 nitrogen and oxygen atoms in total. The highest BCUT2D eigenvalue weighted by molar-refractivity contribution is 5.89. The number of aromatic hydroxyl groups is 1. The molecule has 25 heavy (non-hydrogen) atoms. The predicted molar refractivity (Wildman–Crippen MR) is 95.1 cm³/mol. The second-order valence-electron chi connectivity index (χ2n) is 6.35. The Kier molecular flexibility index (Phi) is 3.80. The highest BCUT2D eigenvalue weighted by Crippen LogP contribution is 2.34. The van der Waals surface area contributed by atoms with E-state index in [-0.39, 0.29) is 12.0 Å². The maximum atomic E-state index is 10.3. The van der Waals surface area contributed by atoms with Crippen LogP contribution in [-0.4, -0.2) is 36.3 Å². The van der Waals surface area contributed by atoms with Crippen molar-refractivity contribution in [2.75, 3.05) is 6.61 Å². The van der Waals surface area contributed by atoms with Crippen LogP contribution in [0.15, 0.2) is 18.8 Å². The van der Waals surface area contributed by atoms with Gasteiger partial charge < -0.3 is 9.84 Å². The van der Waals surface area contributed by atoms with Crippen molar-refractivity contribution < 1.29 is 9.84 Å². The molecule has 0 saturated carbocycles. The quantitative estimate of drug-likeness (QED) is 0.793. The molecular weight excluding hydrogens is 318 g/mol. The van der Waals surface area contributed by atoms with Crippen molar-refractivity contribution in [1.82, 2.24) is 24.5 Å². The number of hydrogen-bond acceptors (Lipinski definition) is 5. The lowest BCUT2D eigenvalue weighted by Gasteiger charge is -2.23. The smallest absolute Gasteiger partial charge is 0.166 e. The van der Waals surface area contributed by atoms with Crippen LogP contribution >= 0.6 is 0 Å². The highest BCUT2D eigenvalue weighted by atomic mass is 16.5. The van der Waals surface area contributed by atoms with Gasteiger partial charge in [-0.15, -0.1) is 0 Å². The van der Waals surface area contributed by atoms with Gasteiger partial charge >= 0.3 is 0 Å². The molecular formula is C18H21N5O2. The van der Waals surface area contributed by atoms with E-state index in [9.17, 15) is 5.11 Å². The van der Waals surface area contributed by atoms with E-state index in [1.807, 2.05) is 10.7 Å². The maximum absolute atomic E-state index is 10.3. The Labute approximate surface area is 145 Å². The number of aryl methyl sites for hydroxylation is 2. The van der Waals surface area contributed by atoms with Crippen LogP contribution in [0, 0.1) is 6.92 Å². The molecule has 3 aromatic rings. The van der Waals surface area contributed by atoms with Gasteiger partial charge in [0.1, 0.15) is 11.4 Å². The first kappa shape index (κ1) is 15.8. The molecule has 0 aromatic carbocycles. The zero-order valence-corrected chi connectivity index (χ0v) is 14.4. The van der Waals surface area contributed by atoms with Gasteiger partial charge in [-0.25, -0.2) is 4.68 Å². The number of rotatable bonds is 3. The Bertz CT molecular complexity index is 950. The third kappa shape index (κ3) is 2.51. The molecule has 1 aliphatic heterocycles. The minimum Gasteiger partial charge on any atom is -0.504 e. The van der Waals surface area contributed by atoms with E-state index in [2.05, 4.69) is 21.8 Å². The number of nitrogens with zero attached hydrogens (tertiary/aromatic N) is 5. The fraction of sp³-hybridized carbons (Fsp3) is 0.389. The van der Waals surface area contributed by atoms with Crippen LogP contribution in [0.4, 0.5) is 0 Å². The molecule has 1 fully saturated rings. The van der Waals surface area contributed by atoms with E-state index in [4.69, 9.17) is 4.74 Å². The van der Waals surface area contributed by atoms with Gasteiger partial charge in [-0.1, -0.05) is 6.58 Å². The molecule has 0 aliphatic carbocycles. The standard InChI is InChI=1S/C18H21N5O2/c1-4-13-12-9-14(17-18(24)11(2)20-22(17)3)19-10-15(12)23(21-13)16-7-5-6-8-25-16/h4,9-10,16,24H,1,5-8H2,2-3H3. The Morgan fingerprint density at radius 2 is 2.20 bits per heavy atom. The van der Waals surface area contributed by atoms with Crippen LogP contribution in [0.3, 0.4) is 0 Å². The van der Waals surface area contributed by atoms with E-state index in [0.717, 1.165) is 42.5 Å². The SMILES string of the molecule is C=Cc1nn(C2CCCCO2)c2cnc(-c3c(O)c(C)nn3C)cc12. The normalized spacial score (nSPS) is 17.9. The number of pyridine rings is 1. The molecule has 7 heteroatoms. The van der Waals surface area contributed by atoms with E-state index < -0.39 is 0 Å². The summed E-state index contributed by atoms with van der Waals surface area (Å²) in [4.78, 5) is 4.54. The Hall–Kier alpha value is -2.67. The van der Waals surface area contributed by atoms with Crippen molar-refractivity contribution in [3.05, 3.63) is 30.2 Å². The van der Waals surface area contributed by atoms with Crippen molar-refractivity contribution in [1.29, 1.82) is 0 Å². The van der Waals surface area contributed by atoms with Crippen molar-refractivity contribution in [3.8, 4) is 17.1 Å². The molecule has 1 N–H and O–H groups in total. The first-order valence-corrected chi connectivity index (χ1v) is 8.45. The lowest BCUT2D eigenvalue weighted by atomic mass is 10.1. The minimum absolute atomic E-state index is 0.0649. The summed E-state index contributed by atoms with van der Waals surface area (Å²) in [6.07, 6.45) is 6.61. The number of ether oxygens (including phenoxy) is 1. The number of aromatic nitrogens is 5. The summed E-state index contributed by atoms with van der Waals surface area (Å²) < 4.78 is 9.41. The third-order valence-corrected chi connectivity index (χ3v) is 4.68. The summed E-state index contributed by atoms with van der Waals surface area (Å²) in [5, 5.41) is 20.2. The molecule has 4 heterocycles. The average Bonchev–Trinajstić information content (AvgIpc) is 3.12. The molecule has 3 aromatic heterocycles. The summed E-state index contributed by atoms with van der Waals surface area (Å²) in [5.74, 6) is 0.150. The second-order valence-corrected chi connectivity index (χ2v) is 6.35. The van der Waals surface area contributed by atoms with Crippen LogP contribution in [0.2, 0.25) is 0 Å². The Morgan fingerprint density at radius 1 is 1.36 bits per heavy atom. The molecule has 1 aliphatic rings. The molecule has 130 valence electrons. The van der Waals surface area contributed by atoms with Gasteiger partial charge in [0.15, 0.2) is 12.0 Å². The fourth-order valence-corrected chi connectivity index (χ4v) is 3.41. The molecule has 0 radical (unpaired) electrons. The van der Waals surface area contributed by atoms with Crippen molar-refractivity contribution in [2.24, 2.45) is 7.05 Å². The largest absolute Gasteiger partial charge is 0.504 e. The second kappa shape index (κ2) is 6.00. The van der Waals surface area contributed by atoms with Crippen molar-refractivity contribution in [2.45, 2.75) is 32.4 Å². The molecule has 0 bridgehead atoms. The summed E-state index contributed by atoms with van der Waals surface area (Å²) in [7, 11) is 1.79. The number of hydrogen-bond donors (Lipinski definition) is 1. The van der Waals surface area contributed by atoms with E-state index in [0.29, 0.717) is 17.1 Å². The van der Waals surface area contributed by atoms with Gasteiger partial charge in [0.05, 0.1) is 23.1 Å². The molecule has 0 amide bonds. The molecule has 1 unspecified atom stereocenters. The maximum Gasteiger partial charge on any atom is 0.166 e. The molecule has 0 spiro atoms. The monoisotopic (exact) mass is 339 g/mol. The Balaban J connectivity index is 1.87. The summed E-state index contributed by atoms with van der Waals surface area (Å²) in [6, 6.07) is 1.93. The summed E-state index contributed by atoms with van der Waals surface area (Å²) in [6.45, 7) is 6.40. The first-order valence-electron chi connectivity index (χ1n) is 8.45. The van der Waals surface area contributed by atoms with Gasteiger partial charge in [-0.3, -0.25) is 9.67 Å². The van der Waals surface area contributed by atoms with E-state index in [1.54, 1.807) is 30.9 Å². The van der Waals surface area contributed by atoms with Crippen LogP contribution in [0.5, 0.6) is 5.75 Å². The lowest BCUT2D eigenvalue weighted by Crippen LogP contribution is -2.19. The average molecular weight is 339 g/mol. The van der Waals surface area contributed by atoms with Crippen LogP contribution < -0.4 is 0 Å². The first-order chi connectivity index (χ1) is 12.1. The number of fused-ring (bicyclic) bond motifs is 1. The Morgan fingerprint density at radius 3 is 2.84 bits per heavy atom. The van der Waals surface area contributed by atoms with Crippen LogP contribution in [-0.2, 0) is 11.8 Å². The zero-order valence-electron chi connectivity index (χ0n) is 14.4. The van der Waals surface area contributed by atoms with Gasteiger partial charge in [0.2, 0.25) is 0 Å². The predicted octanol–water partition coefficient (Wildman–Crippen LogP) is 3.19. The topological polar surface area (TPSA) is 78.0 Å². The van der Waals surface area contributed by atoms with Gasteiger partial charge in [0, 0.05) is 19.0 Å². The molecule has 4 rings (SSSR count). The molecule has 1 atom stereocenters. The highest BCUT2D eigenvalue weighted by Gasteiger charge is 2.22. The van der Waals surface area contributed by atoms with E-state index >= 15 is 0 Å². The summed E-state index contributed by atoms with van der Waals surface area (Å²) in [5.41, 5.74) is 3.51. The molecule has 1 saturated heterocycles. The van der Waals surface area contributed by atoms with Gasteiger partial charge in [0.25, 0.3) is 0 Å².